The number of anilines is 2. The van der Waals surface area contributed by atoms with Gasteiger partial charge in [-0.1, -0.05) is 0 Å². The molecule has 1 aromatic heterocycles. The number of likely N-dealkylation sites (N-methyl/N-ethyl adjacent to an activating group) is 1. The molecule has 0 spiro atoms. The number of hydrogen-bond donors (Lipinski definition) is 1. The Kier molecular flexibility index (Phi) is 5.96. The Balaban J connectivity index is 1.54. The van der Waals surface area contributed by atoms with Crippen LogP contribution in [0, 0.1) is 6.92 Å². The van der Waals surface area contributed by atoms with Gasteiger partial charge >= 0.3 is 0 Å². The maximum Gasteiger partial charge on any atom is 0.241 e. The summed E-state index contributed by atoms with van der Waals surface area (Å²) in [6, 6.07) is 11.6. The molecule has 1 amide bonds. The number of furan rings is 1. The molecule has 1 saturated heterocycles. The summed E-state index contributed by atoms with van der Waals surface area (Å²) >= 11 is 0. The standard InChI is InChI=1S/C20H27N3O3/c1-15-4-9-19(26-15)14-22(3)16(2)20(24)21-17-5-7-18(8-6-17)23-10-12-25-13-11-23/h4-9,16H,10-14H2,1-3H3,(H,21,24). The van der Waals surface area contributed by atoms with E-state index < -0.39 is 0 Å². The van der Waals surface area contributed by atoms with E-state index in [1.807, 2.05) is 62.2 Å². The molecule has 1 aliphatic rings. The zero-order valence-corrected chi connectivity index (χ0v) is 15.7. The Morgan fingerprint density at radius 1 is 1.19 bits per heavy atom. The van der Waals surface area contributed by atoms with Crippen LogP contribution in [0.5, 0.6) is 0 Å². The number of morpholine rings is 1. The number of nitrogens with one attached hydrogen (secondary N) is 1. The summed E-state index contributed by atoms with van der Waals surface area (Å²) in [7, 11) is 1.92. The van der Waals surface area contributed by atoms with Gasteiger partial charge in [0.15, 0.2) is 0 Å². The number of hydrogen-bond acceptors (Lipinski definition) is 5. The second kappa shape index (κ2) is 8.38. The van der Waals surface area contributed by atoms with E-state index in [1.54, 1.807) is 0 Å². The van der Waals surface area contributed by atoms with Crippen LogP contribution in [0.3, 0.4) is 0 Å². The summed E-state index contributed by atoms with van der Waals surface area (Å²) in [6.45, 7) is 7.74. The number of nitrogens with zero attached hydrogens (tertiary/aromatic N) is 2. The molecule has 3 rings (SSSR count). The van der Waals surface area contributed by atoms with Gasteiger partial charge < -0.3 is 19.4 Å². The van der Waals surface area contributed by atoms with E-state index in [0.29, 0.717) is 6.54 Å². The molecule has 0 aliphatic carbocycles. The van der Waals surface area contributed by atoms with Gasteiger partial charge in [-0.05, 0) is 57.3 Å². The van der Waals surface area contributed by atoms with Crippen LogP contribution in [0.1, 0.15) is 18.4 Å². The number of rotatable bonds is 6. The molecule has 0 bridgehead atoms. The van der Waals surface area contributed by atoms with Gasteiger partial charge in [-0.25, -0.2) is 0 Å². The zero-order valence-electron chi connectivity index (χ0n) is 15.7. The van der Waals surface area contributed by atoms with Crippen molar-refractivity contribution < 1.29 is 13.9 Å². The normalized spacial score (nSPS) is 15.9. The predicted octanol–water partition coefficient (Wildman–Crippen LogP) is 2.88. The topological polar surface area (TPSA) is 58.0 Å². The Labute approximate surface area is 154 Å². The van der Waals surface area contributed by atoms with Crippen LogP contribution in [0.2, 0.25) is 0 Å². The van der Waals surface area contributed by atoms with Gasteiger partial charge in [0, 0.05) is 24.5 Å². The molecule has 1 aromatic carbocycles. The number of aryl methyl sites for hydroxylation is 1. The first-order valence-electron chi connectivity index (χ1n) is 9.02. The van der Waals surface area contributed by atoms with Crippen molar-refractivity contribution in [3.63, 3.8) is 0 Å². The third-order valence-electron chi connectivity index (χ3n) is 4.75. The predicted molar refractivity (Wildman–Crippen MR) is 102 cm³/mol. The van der Waals surface area contributed by atoms with Gasteiger partial charge in [-0.3, -0.25) is 9.69 Å². The van der Waals surface area contributed by atoms with E-state index in [4.69, 9.17) is 9.15 Å². The molecular formula is C20H27N3O3. The lowest BCUT2D eigenvalue weighted by atomic mass is 10.2. The molecule has 26 heavy (non-hydrogen) atoms. The second-order valence-electron chi connectivity index (χ2n) is 6.74. The second-order valence-corrected chi connectivity index (χ2v) is 6.74. The van der Waals surface area contributed by atoms with Crippen molar-refractivity contribution >= 4 is 17.3 Å². The molecule has 0 radical (unpaired) electrons. The lowest BCUT2D eigenvalue weighted by Gasteiger charge is -2.29. The van der Waals surface area contributed by atoms with Gasteiger partial charge in [0.25, 0.3) is 0 Å². The minimum atomic E-state index is -0.265. The largest absolute Gasteiger partial charge is 0.465 e. The van der Waals surface area contributed by atoms with E-state index in [0.717, 1.165) is 49.2 Å². The van der Waals surface area contributed by atoms with E-state index in [9.17, 15) is 4.79 Å². The molecule has 6 nitrogen and oxygen atoms in total. The summed E-state index contributed by atoms with van der Waals surface area (Å²) in [5.74, 6) is 1.71. The van der Waals surface area contributed by atoms with Gasteiger partial charge in [-0.15, -0.1) is 0 Å². The lowest BCUT2D eigenvalue weighted by Crippen LogP contribution is -2.39. The lowest BCUT2D eigenvalue weighted by molar-refractivity contribution is -0.120. The first-order chi connectivity index (χ1) is 12.5. The third-order valence-corrected chi connectivity index (χ3v) is 4.75. The van der Waals surface area contributed by atoms with Crippen molar-refractivity contribution in [2.45, 2.75) is 26.4 Å². The van der Waals surface area contributed by atoms with E-state index in [-0.39, 0.29) is 11.9 Å². The Morgan fingerprint density at radius 2 is 1.88 bits per heavy atom. The maximum absolute atomic E-state index is 12.5. The van der Waals surface area contributed by atoms with E-state index in [1.165, 1.54) is 0 Å². The minimum Gasteiger partial charge on any atom is -0.465 e. The van der Waals surface area contributed by atoms with E-state index >= 15 is 0 Å². The maximum atomic E-state index is 12.5. The number of carbonyl (C=O) groups excluding carboxylic acids is 1. The molecule has 2 aromatic rings. The molecular weight excluding hydrogens is 330 g/mol. The highest BCUT2D eigenvalue weighted by Crippen LogP contribution is 2.19. The first-order valence-corrected chi connectivity index (χ1v) is 9.02. The summed E-state index contributed by atoms with van der Waals surface area (Å²) in [5.41, 5.74) is 1.96. The fraction of sp³-hybridized carbons (Fsp3) is 0.450. The molecule has 1 N–H and O–H groups in total. The molecule has 1 aliphatic heterocycles. The van der Waals surface area contributed by atoms with Crippen molar-refractivity contribution in [3.05, 3.63) is 47.9 Å². The highest BCUT2D eigenvalue weighted by molar-refractivity contribution is 5.94. The van der Waals surface area contributed by atoms with Gasteiger partial charge in [0.2, 0.25) is 5.91 Å². The van der Waals surface area contributed by atoms with Crippen molar-refractivity contribution in [1.82, 2.24) is 4.90 Å². The fourth-order valence-corrected chi connectivity index (χ4v) is 2.98. The molecule has 2 heterocycles. The molecule has 1 unspecified atom stereocenters. The highest BCUT2D eigenvalue weighted by atomic mass is 16.5. The van der Waals surface area contributed by atoms with Crippen molar-refractivity contribution in [1.29, 1.82) is 0 Å². The van der Waals surface area contributed by atoms with Gasteiger partial charge in [0.1, 0.15) is 11.5 Å². The number of carbonyl (C=O) groups is 1. The van der Waals surface area contributed by atoms with Crippen LogP contribution < -0.4 is 10.2 Å². The van der Waals surface area contributed by atoms with Crippen LogP contribution >= 0.6 is 0 Å². The summed E-state index contributed by atoms with van der Waals surface area (Å²) in [4.78, 5) is 16.8. The van der Waals surface area contributed by atoms with Crippen LogP contribution in [-0.4, -0.2) is 50.2 Å². The Hall–Kier alpha value is -2.31. The van der Waals surface area contributed by atoms with Crippen molar-refractivity contribution in [2.75, 3.05) is 43.6 Å². The van der Waals surface area contributed by atoms with Crippen LogP contribution in [0.25, 0.3) is 0 Å². The number of benzene rings is 1. The molecule has 0 saturated carbocycles. The van der Waals surface area contributed by atoms with E-state index in [2.05, 4.69) is 10.2 Å². The smallest absolute Gasteiger partial charge is 0.241 e. The van der Waals surface area contributed by atoms with Crippen molar-refractivity contribution in [3.8, 4) is 0 Å². The van der Waals surface area contributed by atoms with Gasteiger partial charge in [0.05, 0.1) is 25.8 Å². The SMILES string of the molecule is Cc1ccc(CN(C)C(C)C(=O)Nc2ccc(N3CCOCC3)cc2)o1. The average Bonchev–Trinajstić information content (AvgIpc) is 3.07. The van der Waals surface area contributed by atoms with Gasteiger partial charge in [-0.2, -0.15) is 0 Å². The fourth-order valence-electron chi connectivity index (χ4n) is 2.98. The molecule has 6 heteroatoms. The van der Waals surface area contributed by atoms with Crippen molar-refractivity contribution in [2.24, 2.45) is 0 Å². The molecule has 1 atom stereocenters. The molecule has 140 valence electrons. The minimum absolute atomic E-state index is 0.0325. The monoisotopic (exact) mass is 357 g/mol. The average molecular weight is 357 g/mol. The van der Waals surface area contributed by atoms with Crippen LogP contribution in [0.4, 0.5) is 11.4 Å². The zero-order chi connectivity index (χ0) is 18.5. The number of amides is 1. The highest BCUT2D eigenvalue weighted by Gasteiger charge is 2.19. The van der Waals surface area contributed by atoms with Crippen LogP contribution in [0.15, 0.2) is 40.8 Å². The summed E-state index contributed by atoms with van der Waals surface area (Å²) in [5, 5.41) is 2.99. The Bertz CT molecular complexity index is 720. The van der Waals surface area contributed by atoms with Crippen LogP contribution in [-0.2, 0) is 16.1 Å². The Morgan fingerprint density at radius 3 is 2.50 bits per heavy atom. The third kappa shape index (κ3) is 4.65. The summed E-state index contributed by atoms with van der Waals surface area (Å²) < 4.78 is 11.0. The molecule has 1 fully saturated rings. The first kappa shape index (κ1) is 18.5. The number of ether oxygens (including phenoxy) is 1. The summed E-state index contributed by atoms with van der Waals surface area (Å²) in [6.07, 6.45) is 0. The quantitative estimate of drug-likeness (QED) is 0.861.